The Morgan fingerprint density at radius 1 is 1.42 bits per heavy atom. The number of aromatic carboxylic acids is 1. The summed E-state index contributed by atoms with van der Waals surface area (Å²) in [5.41, 5.74) is 1.54. The van der Waals surface area contributed by atoms with Crippen LogP contribution >= 0.6 is 0 Å². The van der Waals surface area contributed by atoms with E-state index in [1.54, 1.807) is 19.1 Å². The second kappa shape index (κ2) is 5.06. The highest BCUT2D eigenvalue weighted by molar-refractivity contribution is 5.92. The number of carbonyl (C=O) groups is 1. The second-order valence-corrected chi connectivity index (χ2v) is 4.00. The molecule has 4 nitrogen and oxygen atoms in total. The third-order valence-corrected chi connectivity index (χ3v) is 2.85. The van der Waals surface area contributed by atoms with Gasteiger partial charge in [0.15, 0.2) is 0 Å². The molecule has 0 spiro atoms. The molecule has 0 atom stereocenters. The molecule has 0 amide bonds. The fourth-order valence-electron chi connectivity index (χ4n) is 1.84. The standard InChI is InChI=1S/C14H12FNO3/c1-8-10(4-3-5-12(8)15)9-6-11(14(17)18)13(19-2)16-7-9/h3-7H,1-2H3,(H,17,18). The molecule has 2 aromatic rings. The Balaban J connectivity index is 2.61. The highest BCUT2D eigenvalue weighted by Gasteiger charge is 2.15. The zero-order valence-electron chi connectivity index (χ0n) is 10.5. The van der Waals surface area contributed by atoms with Gasteiger partial charge in [0.2, 0.25) is 5.88 Å². The van der Waals surface area contributed by atoms with Crippen molar-refractivity contribution in [2.45, 2.75) is 6.92 Å². The summed E-state index contributed by atoms with van der Waals surface area (Å²) in [6, 6.07) is 6.07. The molecule has 98 valence electrons. The van der Waals surface area contributed by atoms with Crippen LogP contribution < -0.4 is 4.74 Å². The lowest BCUT2D eigenvalue weighted by atomic mass is 10.0. The molecule has 0 saturated heterocycles. The average Bonchev–Trinajstić information content (AvgIpc) is 2.41. The maximum atomic E-state index is 13.5. The summed E-state index contributed by atoms with van der Waals surface area (Å²) in [5.74, 6) is -1.45. The van der Waals surface area contributed by atoms with E-state index in [9.17, 15) is 9.18 Å². The van der Waals surface area contributed by atoms with Crippen molar-refractivity contribution < 1.29 is 19.0 Å². The van der Waals surface area contributed by atoms with Crippen LogP contribution in [0.25, 0.3) is 11.1 Å². The molecule has 5 heteroatoms. The van der Waals surface area contributed by atoms with Crippen LogP contribution in [0.1, 0.15) is 15.9 Å². The number of hydrogen-bond acceptors (Lipinski definition) is 3. The van der Waals surface area contributed by atoms with Crippen molar-refractivity contribution in [3.05, 3.63) is 47.4 Å². The van der Waals surface area contributed by atoms with Gasteiger partial charge in [-0.1, -0.05) is 12.1 Å². The van der Waals surface area contributed by atoms with Gasteiger partial charge in [-0.05, 0) is 30.2 Å². The molecule has 0 unspecified atom stereocenters. The highest BCUT2D eigenvalue weighted by atomic mass is 19.1. The van der Waals surface area contributed by atoms with E-state index in [1.165, 1.54) is 25.4 Å². The minimum absolute atomic E-state index is 0.0327. The van der Waals surface area contributed by atoms with Crippen LogP contribution in [-0.4, -0.2) is 23.2 Å². The Kier molecular flexibility index (Phi) is 3.46. The number of methoxy groups -OCH3 is 1. The largest absolute Gasteiger partial charge is 0.480 e. The fraction of sp³-hybridized carbons (Fsp3) is 0.143. The smallest absolute Gasteiger partial charge is 0.341 e. The SMILES string of the molecule is COc1ncc(-c2cccc(F)c2C)cc1C(=O)O. The highest BCUT2D eigenvalue weighted by Crippen LogP contribution is 2.27. The number of carboxylic acids is 1. The van der Waals surface area contributed by atoms with Crippen molar-refractivity contribution in [1.29, 1.82) is 0 Å². The molecular weight excluding hydrogens is 249 g/mol. The quantitative estimate of drug-likeness (QED) is 0.922. The first kappa shape index (κ1) is 13.0. The lowest BCUT2D eigenvalue weighted by Crippen LogP contribution is -2.03. The van der Waals surface area contributed by atoms with Crippen LogP contribution in [0.5, 0.6) is 5.88 Å². The van der Waals surface area contributed by atoms with E-state index in [-0.39, 0.29) is 17.3 Å². The molecule has 0 fully saturated rings. The summed E-state index contributed by atoms with van der Waals surface area (Å²) in [4.78, 5) is 15.1. The van der Waals surface area contributed by atoms with Crippen LogP contribution in [0.2, 0.25) is 0 Å². The van der Waals surface area contributed by atoms with Gasteiger partial charge in [0, 0.05) is 11.8 Å². The number of halogens is 1. The van der Waals surface area contributed by atoms with Gasteiger partial charge in [-0.3, -0.25) is 0 Å². The van der Waals surface area contributed by atoms with Gasteiger partial charge < -0.3 is 9.84 Å². The third kappa shape index (κ3) is 2.40. The first-order valence-corrected chi connectivity index (χ1v) is 5.57. The third-order valence-electron chi connectivity index (χ3n) is 2.85. The van der Waals surface area contributed by atoms with Crippen molar-refractivity contribution in [2.75, 3.05) is 7.11 Å². The molecule has 0 radical (unpaired) electrons. The molecule has 1 aromatic carbocycles. The number of aromatic nitrogens is 1. The number of nitrogens with zero attached hydrogens (tertiary/aromatic N) is 1. The summed E-state index contributed by atoms with van der Waals surface area (Å²) in [7, 11) is 1.35. The first-order valence-electron chi connectivity index (χ1n) is 5.57. The van der Waals surface area contributed by atoms with Gasteiger partial charge >= 0.3 is 5.97 Å². The van der Waals surface area contributed by atoms with E-state index in [0.717, 1.165) is 0 Å². The summed E-state index contributed by atoms with van der Waals surface area (Å²) in [5, 5.41) is 9.10. The van der Waals surface area contributed by atoms with Crippen molar-refractivity contribution >= 4 is 5.97 Å². The molecule has 0 bridgehead atoms. The van der Waals surface area contributed by atoms with Crippen molar-refractivity contribution in [1.82, 2.24) is 4.98 Å². The van der Waals surface area contributed by atoms with Crippen molar-refractivity contribution in [3.63, 3.8) is 0 Å². The zero-order chi connectivity index (χ0) is 14.0. The minimum Gasteiger partial charge on any atom is -0.480 e. The lowest BCUT2D eigenvalue weighted by molar-refractivity contribution is 0.0692. The summed E-state index contributed by atoms with van der Waals surface area (Å²) >= 11 is 0. The van der Waals surface area contributed by atoms with Gasteiger partial charge in [-0.2, -0.15) is 0 Å². The van der Waals surface area contributed by atoms with Gasteiger partial charge in [0.25, 0.3) is 0 Å². The molecule has 0 aliphatic rings. The number of ether oxygens (including phenoxy) is 1. The number of carboxylic acid groups (broad SMARTS) is 1. The Hall–Kier alpha value is -2.43. The summed E-state index contributed by atoms with van der Waals surface area (Å²) < 4.78 is 18.4. The second-order valence-electron chi connectivity index (χ2n) is 4.00. The predicted molar refractivity (Wildman–Crippen MR) is 67.9 cm³/mol. The van der Waals surface area contributed by atoms with Crippen LogP contribution in [0.4, 0.5) is 4.39 Å². The molecule has 1 heterocycles. The van der Waals surface area contributed by atoms with E-state index < -0.39 is 5.97 Å². The topological polar surface area (TPSA) is 59.4 Å². The molecule has 0 aliphatic heterocycles. The van der Waals surface area contributed by atoms with E-state index in [4.69, 9.17) is 9.84 Å². The monoisotopic (exact) mass is 261 g/mol. The molecule has 1 N–H and O–H groups in total. The number of hydrogen-bond donors (Lipinski definition) is 1. The molecular formula is C14H12FNO3. The van der Waals surface area contributed by atoms with Crippen LogP contribution in [-0.2, 0) is 0 Å². The zero-order valence-corrected chi connectivity index (χ0v) is 10.5. The van der Waals surface area contributed by atoms with Crippen molar-refractivity contribution in [3.8, 4) is 17.0 Å². The Morgan fingerprint density at radius 3 is 2.79 bits per heavy atom. The Morgan fingerprint density at radius 2 is 2.16 bits per heavy atom. The van der Waals surface area contributed by atoms with E-state index in [1.807, 2.05) is 0 Å². The summed E-state index contributed by atoms with van der Waals surface area (Å²) in [6.45, 7) is 1.63. The molecule has 0 saturated carbocycles. The number of rotatable bonds is 3. The van der Waals surface area contributed by atoms with Gasteiger partial charge in [0.05, 0.1) is 7.11 Å². The van der Waals surface area contributed by atoms with Crippen LogP contribution in [0.15, 0.2) is 30.5 Å². The Bertz CT molecular complexity index is 641. The normalized spacial score (nSPS) is 10.3. The molecule has 0 aliphatic carbocycles. The maximum Gasteiger partial charge on any atom is 0.341 e. The number of pyridine rings is 1. The Labute approximate surface area is 109 Å². The molecule has 2 rings (SSSR count). The van der Waals surface area contributed by atoms with Gasteiger partial charge in [-0.25, -0.2) is 14.2 Å². The van der Waals surface area contributed by atoms with Crippen LogP contribution in [0, 0.1) is 12.7 Å². The predicted octanol–water partition coefficient (Wildman–Crippen LogP) is 2.90. The molecule has 1 aromatic heterocycles. The average molecular weight is 261 g/mol. The maximum absolute atomic E-state index is 13.5. The van der Waals surface area contributed by atoms with Crippen molar-refractivity contribution in [2.24, 2.45) is 0 Å². The lowest BCUT2D eigenvalue weighted by Gasteiger charge is -2.09. The number of benzene rings is 1. The van der Waals surface area contributed by atoms with Crippen LogP contribution in [0.3, 0.4) is 0 Å². The van der Waals surface area contributed by atoms with Gasteiger partial charge in [0.1, 0.15) is 11.4 Å². The van der Waals surface area contributed by atoms with Gasteiger partial charge in [-0.15, -0.1) is 0 Å². The molecule has 19 heavy (non-hydrogen) atoms. The minimum atomic E-state index is -1.14. The van der Waals surface area contributed by atoms with E-state index >= 15 is 0 Å². The first-order chi connectivity index (χ1) is 9.04. The van der Waals surface area contributed by atoms with E-state index in [2.05, 4.69) is 4.98 Å². The summed E-state index contributed by atoms with van der Waals surface area (Å²) in [6.07, 6.45) is 1.47. The van der Waals surface area contributed by atoms with E-state index in [0.29, 0.717) is 16.7 Å². The fourth-order valence-corrected chi connectivity index (χ4v) is 1.84.